The Balaban J connectivity index is 1.50. The van der Waals surface area contributed by atoms with Gasteiger partial charge in [0.1, 0.15) is 0 Å². The average Bonchev–Trinajstić information content (AvgIpc) is 3.04. The van der Waals surface area contributed by atoms with Crippen LogP contribution in [-0.4, -0.2) is 72.2 Å². The predicted molar refractivity (Wildman–Crippen MR) is 90.5 cm³/mol. The zero-order valence-electron chi connectivity index (χ0n) is 14.1. The van der Waals surface area contributed by atoms with Crippen molar-refractivity contribution < 1.29 is 9.53 Å². The molecule has 6 heteroatoms. The summed E-state index contributed by atoms with van der Waals surface area (Å²) < 4.78 is 5.45. The van der Waals surface area contributed by atoms with E-state index in [-0.39, 0.29) is 12.1 Å². The molecule has 1 aromatic rings. The number of nitrogens with one attached hydrogen (secondary N) is 1. The molecule has 4 heterocycles. The second-order valence-corrected chi connectivity index (χ2v) is 6.92. The quantitative estimate of drug-likeness (QED) is 0.889. The van der Waals surface area contributed by atoms with Gasteiger partial charge >= 0.3 is 0 Å². The molecule has 6 nitrogen and oxygen atoms in total. The van der Waals surface area contributed by atoms with Crippen LogP contribution in [0.4, 0.5) is 0 Å². The maximum atomic E-state index is 13.1. The van der Waals surface area contributed by atoms with Gasteiger partial charge in [-0.1, -0.05) is 6.07 Å². The second-order valence-electron chi connectivity index (χ2n) is 6.92. The Labute approximate surface area is 143 Å². The summed E-state index contributed by atoms with van der Waals surface area (Å²) in [7, 11) is 0. The summed E-state index contributed by atoms with van der Waals surface area (Å²) in [5, 5.41) is 3.47. The van der Waals surface area contributed by atoms with Crippen LogP contribution < -0.4 is 5.32 Å². The fraction of sp³-hybridized carbons (Fsp3) is 0.667. The van der Waals surface area contributed by atoms with Gasteiger partial charge in [0, 0.05) is 63.9 Å². The first kappa shape index (κ1) is 16.0. The highest BCUT2D eigenvalue weighted by atomic mass is 16.5. The van der Waals surface area contributed by atoms with Crippen LogP contribution in [0.1, 0.15) is 30.9 Å². The highest BCUT2D eigenvalue weighted by Gasteiger charge is 2.42. The molecule has 3 saturated heterocycles. The van der Waals surface area contributed by atoms with E-state index in [1.165, 1.54) is 5.56 Å². The number of carbonyl (C=O) groups is 1. The number of pyridine rings is 1. The van der Waals surface area contributed by atoms with E-state index < -0.39 is 0 Å². The number of ether oxygens (including phenoxy) is 1. The van der Waals surface area contributed by atoms with Gasteiger partial charge in [-0.05, 0) is 30.9 Å². The molecule has 1 amide bonds. The number of rotatable bonds is 3. The van der Waals surface area contributed by atoms with E-state index >= 15 is 0 Å². The molecule has 0 radical (unpaired) electrons. The monoisotopic (exact) mass is 330 g/mol. The second kappa shape index (κ2) is 7.17. The lowest BCUT2D eigenvalue weighted by atomic mass is 10.0. The lowest BCUT2D eigenvalue weighted by molar-refractivity contribution is -0.136. The Bertz CT molecular complexity index is 561. The van der Waals surface area contributed by atoms with Crippen LogP contribution >= 0.6 is 0 Å². The van der Waals surface area contributed by atoms with Crippen molar-refractivity contribution >= 4 is 5.91 Å². The predicted octanol–water partition coefficient (Wildman–Crippen LogP) is 0.808. The summed E-state index contributed by atoms with van der Waals surface area (Å²) in [6.07, 6.45) is 6.63. The molecular formula is C18H26N4O2. The summed E-state index contributed by atoms with van der Waals surface area (Å²) in [4.78, 5) is 21.9. The molecule has 0 saturated carbocycles. The lowest BCUT2D eigenvalue weighted by Crippen LogP contribution is -2.53. The fourth-order valence-electron chi connectivity index (χ4n) is 4.33. The molecule has 3 aliphatic rings. The smallest absolute Gasteiger partial charge is 0.240 e. The highest BCUT2D eigenvalue weighted by molar-refractivity contribution is 5.84. The Hall–Kier alpha value is -1.50. The number of hydrogen-bond donors (Lipinski definition) is 1. The van der Waals surface area contributed by atoms with Crippen LogP contribution in [0.5, 0.6) is 0 Å². The zero-order valence-corrected chi connectivity index (χ0v) is 14.1. The summed E-state index contributed by atoms with van der Waals surface area (Å²) in [5.74, 6) is 0.317. The van der Waals surface area contributed by atoms with Crippen molar-refractivity contribution in [3.8, 4) is 0 Å². The summed E-state index contributed by atoms with van der Waals surface area (Å²) in [5.41, 5.74) is 1.20. The van der Waals surface area contributed by atoms with Gasteiger partial charge in [-0.3, -0.25) is 14.7 Å². The van der Waals surface area contributed by atoms with E-state index in [9.17, 15) is 4.79 Å². The fourth-order valence-corrected chi connectivity index (χ4v) is 4.33. The number of hydrogen-bond acceptors (Lipinski definition) is 5. The van der Waals surface area contributed by atoms with E-state index in [0.717, 1.165) is 58.7 Å². The number of piperazine rings is 1. The molecule has 0 aliphatic carbocycles. The minimum atomic E-state index is 0.0140. The highest BCUT2D eigenvalue weighted by Crippen LogP contribution is 2.30. The number of aromatic nitrogens is 1. The van der Waals surface area contributed by atoms with Crippen molar-refractivity contribution in [2.24, 2.45) is 0 Å². The van der Waals surface area contributed by atoms with E-state index in [2.05, 4.69) is 26.2 Å². The van der Waals surface area contributed by atoms with E-state index in [0.29, 0.717) is 11.9 Å². The van der Waals surface area contributed by atoms with Crippen molar-refractivity contribution in [2.45, 2.75) is 37.4 Å². The Kier molecular flexibility index (Phi) is 4.78. The van der Waals surface area contributed by atoms with Gasteiger partial charge in [0.05, 0.1) is 6.04 Å². The van der Waals surface area contributed by atoms with Gasteiger partial charge in [-0.2, -0.15) is 0 Å². The van der Waals surface area contributed by atoms with Gasteiger partial charge in [-0.15, -0.1) is 0 Å². The number of nitrogens with zero attached hydrogens (tertiary/aromatic N) is 3. The number of carbonyl (C=O) groups excluding carboxylic acids is 1. The van der Waals surface area contributed by atoms with Gasteiger partial charge in [-0.25, -0.2) is 0 Å². The zero-order chi connectivity index (χ0) is 16.4. The molecular weight excluding hydrogens is 304 g/mol. The molecule has 2 unspecified atom stereocenters. The van der Waals surface area contributed by atoms with E-state index in [1.807, 2.05) is 12.3 Å². The maximum Gasteiger partial charge on any atom is 0.240 e. The summed E-state index contributed by atoms with van der Waals surface area (Å²) >= 11 is 0. The van der Waals surface area contributed by atoms with Crippen molar-refractivity contribution in [1.29, 1.82) is 0 Å². The van der Waals surface area contributed by atoms with Crippen LogP contribution in [0, 0.1) is 0 Å². The SMILES string of the molecule is O=C1C(N2CCNCC2c2cccnc2)CCN1C1CCOCC1. The van der Waals surface area contributed by atoms with Crippen molar-refractivity contribution in [3.05, 3.63) is 30.1 Å². The maximum absolute atomic E-state index is 13.1. The molecule has 4 rings (SSSR count). The van der Waals surface area contributed by atoms with Crippen LogP contribution in [-0.2, 0) is 9.53 Å². The number of likely N-dealkylation sites (tertiary alicyclic amines) is 1. The normalized spacial score (nSPS) is 30.0. The molecule has 3 fully saturated rings. The largest absolute Gasteiger partial charge is 0.381 e. The first-order chi connectivity index (χ1) is 11.8. The van der Waals surface area contributed by atoms with Crippen molar-refractivity contribution in [3.63, 3.8) is 0 Å². The third-order valence-electron chi connectivity index (χ3n) is 5.60. The number of amides is 1. The Morgan fingerprint density at radius 1 is 1.17 bits per heavy atom. The molecule has 130 valence electrons. The van der Waals surface area contributed by atoms with Crippen LogP contribution in [0.2, 0.25) is 0 Å². The topological polar surface area (TPSA) is 57.7 Å². The molecule has 0 bridgehead atoms. The minimum absolute atomic E-state index is 0.0140. The van der Waals surface area contributed by atoms with Crippen molar-refractivity contribution in [2.75, 3.05) is 39.4 Å². The first-order valence-corrected chi connectivity index (χ1v) is 9.09. The Morgan fingerprint density at radius 3 is 2.83 bits per heavy atom. The lowest BCUT2D eigenvalue weighted by Gasteiger charge is -2.40. The molecule has 2 atom stereocenters. The minimum Gasteiger partial charge on any atom is -0.381 e. The third kappa shape index (κ3) is 3.06. The molecule has 0 spiro atoms. The molecule has 24 heavy (non-hydrogen) atoms. The van der Waals surface area contributed by atoms with Gasteiger partial charge in [0.15, 0.2) is 0 Å². The van der Waals surface area contributed by atoms with Crippen LogP contribution in [0.3, 0.4) is 0 Å². The van der Waals surface area contributed by atoms with Gasteiger partial charge < -0.3 is 15.0 Å². The molecule has 3 aliphatic heterocycles. The molecule has 1 aromatic heterocycles. The molecule has 0 aromatic carbocycles. The van der Waals surface area contributed by atoms with Gasteiger partial charge in [0.25, 0.3) is 0 Å². The molecule has 1 N–H and O–H groups in total. The van der Waals surface area contributed by atoms with E-state index in [4.69, 9.17) is 4.74 Å². The van der Waals surface area contributed by atoms with E-state index in [1.54, 1.807) is 6.20 Å². The van der Waals surface area contributed by atoms with Crippen LogP contribution in [0.15, 0.2) is 24.5 Å². The first-order valence-electron chi connectivity index (χ1n) is 9.09. The van der Waals surface area contributed by atoms with Crippen LogP contribution in [0.25, 0.3) is 0 Å². The average molecular weight is 330 g/mol. The third-order valence-corrected chi connectivity index (χ3v) is 5.60. The standard InChI is InChI=1S/C18H26N4O2/c23-18-16(3-8-21(18)15-4-10-24-11-5-15)22-9-7-20-13-17(22)14-2-1-6-19-12-14/h1-2,6,12,15-17,20H,3-5,7-11,13H2. The van der Waals surface area contributed by atoms with Crippen molar-refractivity contribution in [1.82, 2.24) is 20.1 Å². The summed E-state index contributed by atoms with van der Waals surface area (Å²) in [6.45, 7) is 5.19. The summed E-state index contributed by atoms with van der Waals surface area (Å²) in [6, 6.07) is 4.72. The Morgan fingerprint density at radius 2 is 2.04 bits per heavy atom. The van der Waals surface area contributed by atoms with Gasteiger partial charge in [0.2, 0.25) is 5.91 Å².